The molecular formula is C13H15BrN2OS. The van der Waals surface area contributed by atoms with Crippen LogP contribution in [-0.2, 0) is 13.6 Å². The predicted molar refractivity (Wildman–Crippen MR) is 79.1 cm³/mol. The molecule has 1 atom stereocenters. The number of imidazole rings is 1. The molecule has 1 unspecified atom stereocenters. The number of nitrogens with zero attached hydrogens (tertiary/aromatic N) is 2. The third-order valence-corrected chi connectivity index (χ3v) is 4.48. The second-order valence-electron chi connectivity index (χ2n) is 4.19. The van der Waals surface area contributed by atoms with E-state index in [0.717, 1.165) is 4.60 Å². The maximum Gasteiger partial charge on any atom is 0.328 e. The van der Waals surface area contributed by atoms with Gasteiger partial charge in [0.1, 0.15) is 4.60 Å². The molecule has 0 aliphatic heterocycles. The van der Waals surface area contributed by atoms with Crippen LogP contribution >= 0.6 is 27.7 Å². The number of benzene rings is 1. The lowest BCUT2D eigenvalue weighted by Gasteiger charge is -2.11. The van der Waals surface area contributed by atoms with Crippen molar-refractivity contribution in [3.63, 3.8) is 0 Å². The van der Waals surface area contributed by atoms with Crippen molar-refractivity contribution in [2.45, 2.75) is 23.6 Å². The maximum atomic E-state index is 11.9. The van der Waals surface area contributed by atoms with Crippen molar-refractivity contribution in [2.75, 3.05) is 0 Å². The third kappa shape index (κ3) is 3.09. The highest BCUT2D eigenvalue weighted by Crippen LogP contribution is 2.23. The zero-order valence-electron chi connectivity index (χ0n) is 10.3. The van der Waals surface area contributed by atoms with Crippen LogP contribution in [0.4, 0.5) is 0 Å². The Bertz CT molecular complexity index is 576. The summed E-state index contributed by atoms with van der Waals surface area (Å²) in [6, 6.07) is 10.2. The third-order valence-electron chi connectivity index (χ3n) is 2.65. The summed E-state index contributed by atoms with van der Waals surface area (Å²) >= 11 is 5.14. The fourth-order valence-electron chi connectivity index (χ4n) is 1.73. The molecule has 0 aliphatic carbocycles. The van der Waals surface area contributed by atoms with Crippen LogP contribution in [0.3, 0.4) is 0 Å². The Balaban J connectivity index is 2.05. The highest BCUT2D eigenvalue weighted by atomic mass is 79.9. The summed E-state index contributed by atoms with van der Waals surface area (Å²) in [7, 11) is 1.76. The Morgan fingerprint density at radius 1 is 1.33 bits per heavy atom. The molecular weight excluding hydrogens is 312 g/mol. The standard InChI is InChI=1S/C13H15BrN2OS/c1-10(18-11-6-4-3-5-7-11)8-16-9-12(14)15(2)13(16)17/h3-7,9-10H,8H2,1-2H3. The molecule has 0 amide bonds. The summed E-state index contributed by atoms with van der Waals surface area (Å²) in [4.78, 5) is 13.1. The molecule has 96 valence electrons. The van der Waals surface area contributed by atoms with Crippen molar-refractivity contribution in [3.8, 4) is 0 Å². The van der Waals surface area contributed by atoms with Gasteiger partial charge in [-0.15, -0.1) is 11.8 Å². The SMILES string of the molecule is CC(Cn1cc(Br)n(C)c1=O)Sc1ccccc1. The number of thioether (sulfide) groups is 1. The second kappa shape index (κ2) is 5.80. The fourth-order valence-corrected chi connectivity index (χ4v) is 3.14. The Hall–Kier alpha value is -0.940. The lowest BCUT2D eigenvalue weighted by atomic mass is 10.4. The predicted octanol–water partition coefficient (Wildman–Crippen LogP) is 3.13. The molecule has 0 spiro atoms. The van der Waals surface area contributed by atoms with Gasteiger partial charge in [0.15, 0.2) is 0 Å². The Labute approximate surface area is 119 Å². The zero-order valence-corrected chi connectivity index (χ0v) is 12.7. The first-order chi connectivity index (χ1) is 8.58. The van der Waals surface area contributed by atoms with E-state index in [1.807, 2.05) is 24.4 Å². The van der Waals surface area contributed by atoms with Gasteiger partial charge in [-0.3, -0.25) is 9.13 Å². The van der Waals surface area contributed by atoms with E-state index in [0.29, 0.717) is 11.8 Å². The maximum absolute atomic E-state index is 11.9. The number of aromatic nitrogens is 2. The van der Waals surface area contributed by atoms with Gasteiger partial charge in [0, 0.05) is 29.9 Å². The van der Waals surface area contributed by atoms with E-state index in [1.165, 1.54) is 4.90 Å². The topological polar surface area (TPSA) is 26.9 Å². The summed E-state index contributed by atoms with van der Waals surface area (Å²) in [6.07, 6.45) is 1.84. The summed E-state index contributed by atoms with van der Waals surface area (Å²) < 4.78 is 4.15. The lowest BCUT2D eigenvalue weighted by molar-refractivity contribution is 0.646. The molecule has 0 bridgehead atoms. The minimum atomic E-state index is 0.0161. The quantitative estimate of drug-likeness (QED) is 0.807. The Kier molecular flexibility index (Phi) is 4.35. The van der Waals surface area contributed by atoms with E-state index in [4.69, 9.17) is 0 Å². The van der Waals surface area contributed by atoms with Crippen molar-refractivity contribution >= 4 is 27.7 Å². The van der Waals surface area contributed by atoms with Crippen LogP contribution < -0.4 is 5.69 Å². The van der Waals surface area contributed by atoms with Gasteiger partial charge in [0.25, 0.3) is 0 Å². The molecule has 0 N–H and O–H groups in total. The monoisotopic (exact) mass is 326 g/mol. The van der Waals surface area contributed by atoms with E-state index in [2.05, 4.69) is 35.0 Å². The average Bonchev–Trinajstić information content (AvgIpc) is 2.58. The van der Waals surface area contributed by atoms with Crippen molar-refractivity contribution in [3.05, 3.63) is 51.6 Å². The van der Waals surface area contributed by atoms with Crippen molar-refractivity contribution in [2.24, 2.45) is 7.05 Å². The van der Waals surface area contributed by atoms with Crippen molar-refractivity contribution in [1.82, 2.24) is 9.13 Å². The van der Waals surface area contributed by atoms with Gasteiger partial charge in [0.2, 0.25) is 0 Å². The molecule has 2 aromatic rings. The van der Waals surface area contributed by atoms with Crippen LogP contribution in [0.25, 0.3) is 0 Å². The van der Waals surface area contributed by atoms with Crippen LogP contribution in [0.5, 0.6) is 0 Å². The highest BCUT2D eigenvalue weighted by Gasteiger charge is 2.10. The number of rotatable bonds is 4. The van der Waals surface area contributed by atoms with E-state index in [9.17, 15) is 4.79 Å². The van der Waals surface area contributed by atoms with Crippen LogP contribution in [0.1, 0.15) is 6.92 Å². The van der Waals surface area contributed by atoms with Gasteiger partial charge in [-0.2, -0.15) is 0 Å². The average molecular weight is 327 g/mol. The number of halogens is 1. The van der Waals surface area contributed by atoms with E-state index >= 15 is 0 Å². The molecule has 1 aromatic heterocycles. The summed E-state index contributed by atoms with van der Waals surface area (Å²) in [6.45, 7) is 2.84. The van der Waals surface area contributed by atoms with Gasteiger partial charge >= 0.3 is 5.69 Å². The van der Waals surface area contributed by atoms with Crippen LogP contribution in [0, 0.1) is 0 Å². The molecule has 2 rings (SSSR count). The van der Waals surface area contributed by atoms with E-state index in [-0.39, 0.29) is 5.69 Å². The first-order valence-electron chi connectivity index (χ1n) is 5.71. The van der Waals surface area contributed by atoms with Crippen LogP contribution in [0.2, 0.25) is 0 Å². The van der Waals surface area contributed by atoms with Gasteiger partial charge in [-0.25, -0.2) is 4.79 Å². The Morgan fingerprint density at radius 2 is 2.00 bits per heavy atom. The fraction of sp³-hybridized carbons (Fsp3) is 0.308. The number of hydrogen-bond donors (Lipinski definition) is 0. The van der Waals surface area contributed by atoms with Crippen LogP contribution in [0.15, 0.2) is 50.8 Å². The van der Waals surface area contributed by atoms with Crippen LogP contribution in [-0.4, -0.2) is 14.4 Å². The summed E-state index contributed by atoms with van der Waals surface area (Å²) in [5.41, 5.74) is 0.0161. The first kappa shape index (κ1) is 13.5. The van der Waals surface area contributed by atoms with E-state index < -0.39 is 0 Å². The summed E-state index contributed by atoms with van der Waals surface area (Å²) in [5, 5.41) is 0.347. The second-order valence-corrected chi connectivity index (χ2v) is 6.51. The summed E-state index contributed by atoms with van der Waals surface area (Å²) in [5.74, 6) is 0. The van der Waals surface area contributed by atoms with E-state index in [1.54, 1.807) is 27.9 Å². The minimum Gasteiger partial charge on any atom is -0.297 e. The normalized spacial score (nSPS) is 12.6. The molecule has 1 heterocycles. The van der Waals surface area contributed by atoms with Crippen molar-refractivity contribution < 1.29 is 0 Å². The molecule has 0 saturated heterocycles. The highest BCUT2D eigenvalue weighted by molar-refractivity contribution is 9.10. The number of hydrogen-bond acceptors (Lipinski definition) is 2. The van der Waals surface area contributed by atoms with Gasteiger partial charge in [0.05, 0.1) is 0 Å². The molecule has 0 fully saturated rings. The Morgan fingerprint density at radius 3 is 2.56 bits per heavy atom. The van der Waals surface area contributed by atoms with Gasteiger partial charge in [-0.1, -0.05) is 25.1 Å². The zero-order chi connectivity index (χ0) is 13.1. The van der Waals surface area contributed by atoms with Crippen molar-refractivity contribution in [1.29, 1.82) is 0 Å². The molecule has 1 aromatic carbocycles. The molecule has 18 heavy (non-hydrogen) atoms. The molecule has 0 saturated carbocycles. The van der Waals surface area contributed by atoms with Gasteiger partial charge in [-0.05, 0) is 28.1 Å². The van der Waals surface area contributed by atoms with Gasteiger partial charge < -0.3 is 0 Å². The molecule has 3 nitrogen and oxygen atoms in total. The first-order valence-corrected chi connectivity index (χ1v) is 7.38. The lowest BCUT2D eigenvalue weighted by Crippen LogP contribution is -2.25. The molecule has 5 heteroatoms. The molecule has 0 aliphatic rings. The minimum absolute atomic E-state index is 0.0161. The largest absolute Gasteiger partial charge is 0.328 e. The molecule has 0 radical (unpaired) electrons. The smallest absolute Gasteiger partial charge is 0.297 e.